The van der Waals surface area contributed by atoms with Crippen LogP contribution in [0.5, 0.6) is 5.75 Å². The Kier molecular flexibility index (Phi) is 18.6. The molecule has 1 saturated heterocycles. The van der Waals surface area contributed by atoms with Crippen molar-refractivity contribution in [2.75, 3.05) is 43.7 Å². The summed E-state index contributed by atoms with van der Waals surface area (Å²) in [6.45, 7) is 0.797. The summed E-state index contributed by atoms with van der Waals surface area (Å²) in [5.41, 5.74) is 1.18. The fraction of sp³-hybridized carbons (Fsp3) is 0.483. The molecule has 272 valence electrons. The van der Waals surface area contributed by atoms with E-state index in [4.69, 9.17) is 21.4 Å². The van der Waals surface area contributed by atoms with E-state index in [9.17, 15) is 30.1 Å². The number of halogens is 1. The summed E-state index contributed by atoms with van der Waals surface area (Å²) in [6, 6.07) is 7.14. The zero-order chi connectivity index (χ0) is 35.6. The number of anilines is 2. The predicted molar refractivity (Wildman–Crippen MR) is 174 cm³/mol. The summed E-state index contributed by atoms with van der Waals surface area (Å²) in [5, 5.41) is 42.5. The van der Waals surface area contributed by atoms with Gasteiger partial charge in [0.25, 0.3) is 16.1 Å². The summed E-state index contributed by atoms with van der Waals surface area (Å²) in [5.74, 6) is 1.58. The number of nitrogens with one attached hydrogen (secondary N) is 2. The molecular weight excluding hydrogens is 854 g/mol. The van der Waals surface area contributed by atoms with Crippen LogP contribution in [-0.4, -0.2) is 91.9 Å². The van der Waals surface area contributed by atoms with E-state index in [1.54, 1.807) is 37.7 Å². The number of amides is 1. The van der Waals surface area contributed by atoms with Gasteiger partial charge in [0.2, 0.25) is 5.95 Å². The average Bonchev–Trinajstić information content (AvgIpc) is 3.58. The van der Waals surface area contributed by atoms with Gasteiger partial charge in [-0.3, -0.25) is 4.79 Å². The van der Waals surface area contributed by atoms with Crippen molar-refractivity contribution in [3.8, 4) is 5.75 Å². The number of aliphatic hydroxyl groups excluding tert-OH is 2. The van der Waals surface area contributed by atoms with E-state index >= 15 is 0 Å². The molecule has 0 spiro atoms. The first-order chi connectivity index (χ1) is 23.6. The molecule has 0 radical (unpaired) electrons. The Balaban J connectivity index is 0.000000461. The number of aromatic nitrogens is 4. The number of hydrogen-bond acceptors (Lipinski definition) is 16. The Morgan fingerprint density at radius 1 is 1.14 bits per heavy atom. The summed E-state index contributed by atoms with van der Waals surface area (Å²) in [4.78, 5) is 60.2. The van der Waals surface area contributed by atoms with Gasteiger partial charge in [-0.2, -0.15) is 4.98 Å². The molecule has 21 heteroatoms. The van der Waals surface area contributed by atoms with Crippen LogP contribution in [0, 0.1) is 20.2 Å². The predicted octanol–water partition coefficient (Wildman–Crippen LogP) is 2.36. The van der Waals surface area contributed by atoms with Gasteiger partial charge < -0.3 is 40.2 Å². The van der Waals surface area contributed by atoms with Crippen molar-refractivity contribution >= 4 is 29.3 Å². The smallest absolute Gasteiger partial charge is 0.294 e. The Morgan fingerprint density at radius 3 is 2.54 bits per heavy atom. The first-order valence-electron chi connectivity index (χ1n) is 15.2. The third kappa shape index (κ3) is 13.8. The maximum absolute atomic E-state index is 13.0. The van der Waals surface area contributed by atoms with Gasteiger partial charge in [-0.1, -0.05) is 17.7 Å². The average molecular weight is 892 g/mol. The van der Waals surface area contributed by atoms with E-state index in [1.165, 1.54) is 6.20 Å². The van der Waals surface area contributed by atoms with Crippen LogP contribution in [0.3, 0.4) is 0 Å². The molecule has 4 N–H and O–H groups in total. The minimum atomic E-state index is -1.04. The van der Waals surface area contributed by atoms with Crippen molar-refractivity contribution in [3.05, 3.63) is 85.1 Å². The topological polar surface area (TPSA) is 250 Å². The number of nitrogens with zero attached hydrogens (tertiary/aromatic N) is 7. The molecule has 1 aliphatic heterocycles. The van der Waals surface area contributed by atoms with Crippen molar-refractivity contribution in [1.82, 2.24) is 25.3 Å². The van der Waals surface area contributed by atoms with Gasteiger partial charge in [-0.15, -0.1) is 20.2 Å². The van der Waals surface area contributed by atoms with E-state index in [0.29, 0.717) is 53.3 Å². The molecular formula is C29H38ClN9O10W. The number of methoxy groups -OCH3 is 1. The maximum Gasteiger partial charge on any atom is 0.294 e. The number of ether oxygens (including phenoxy) is 1. The third-order valence-corrected chi connectivity index (χ3v) is 7.40. The van der Waals surface area contributed by atoms with E-state index in [0.717, 1.165) is 24.9 Å². The van der Waals surface area contributed by atoms with Crippen LogP contribution in [0.4, 0.5) is 11.8 Å². The van der Waals surface area contributed by atoms with Gasteiger partial charge in [-0.25, -0.2) is 15.0 Å². The van der Waals surface area contributed by atoms with Gasteiger partial charge in [0.05, 0.1) is 31.3 Å². The molecule has 19 nitrogen and oxygen atoms in total. The fourth-order valence-electron chi connectivity index (χ4n) is 4.70. The Morgan fingerprint density at radius 2 is 1.90 bits per heavy atom. The molecule has 0 aliphatic carbocycles. The van der Waals surface area contributed by atoms with Crippen LogP contribution in [0.25, 0.3) is 0 Å². The summed E-state index contributed by atoms with van der Waals surface area (Å²) in [7, 11) is 1.56. The van der Waals surface area contributed by atoms with E-state index in [1.807, 2.05) is 11.0 Å². The Labute approximate surface area is 306 Å². The molecule has 3 heterocycles. The molecule has 1 aliphatic rings. The zero-order valence-corrected chi connectivity index (χ0v) is 30.7. The first kappa shape index (κ1) is 41.7. The molecule has 0 bridgehead atoms. The van der Waals surface area contributed by atoms with E-state index < -0.39 is 22.9 Å². The molecule has 50 heavy (non-hydrogen) atoms. The van der Waals surface area contributed by atoms with Crippen molar-refractivity contribution in [2.24, 2.45) is 0 Å². The normalized spacial score (nSPS) is 13.9. The molecule has 0 saturated carbocycles. The second-order valence-electron chi connectivity index (χ2n) is 10.5. The molecule has 3 aromatic rings. The second kappa shape index (κ2) is 22.3. The number of hydrogen-bond donors (Lipinski definition) is 4. The minimum Gasteiger partial charge on any atom is -0.495 e. The number of carbonyl (C=O) groups is 1. The van der Waals surface area contributed by atoms with Gasteiger partial charge in [0, 0.05) is 59.4 Å². The third-order valence-electron chi connectivity index (χ3n) is 7.10. The number of rotatable bonds is 18. The molecule has 2 unspecified atom stereocenters. The van der Waals surface area contributed by atoms with Crippen molar-refractivity contribution in [2.45, 2.75) is 57.3 Å². The molecule has 1 amide bonds. The van der Waals surface area contributed by atoms with Gasteiger partial charge in [0.15, 0.2) is 0 Å². The molecule has 4 rings (SSSR count). The van der Waals surface area contributed by atoms with E-state index in [2.05, 4.69) is 40.2 Å². The fourth-order valence-corrected chi connectivity index (χ4v) is 4.98. The number of unbranched alkanes of at least 4 members (excludes halogenated alkanes) is 1. The first-order valence-corrected chi connectivity index (χ1v) is 15.6. The van der Waals surface area contributed by atoms with Gasteiger partial charge >= 0.3 is 0 Å². The monoisotopic (exact) mass is 891 g/mol. The van der Waals surface area contributed by atoms with Crippen LogP contribution in [0.2, 0.25) is 5.02 Å². The quantitative estimate of drug-likeness (QED) is 0.0813. The van der Waals surface area contributed by atoms with Crippen LogP contribution in [0.15, 0.2) is 42.9 Å². The largest absolute Gasteiger partial charge is 0.495 e. The SMILES string of the molecule is COc1ccc(CNc2nc(N3CCCC3CO)ncc2C(=O)NCc2ncccn2)cc1Cl.O=[N+]([O-])OCC(CCCCO)O[N+](=O)[O-].[W]. The summed E-state index contributed by atoms with van der Waals surface area (Å²) in [6.07, 6.45) is 6.71. The van der Waals surface area contributed by atoms with Crippen molar-refractivity contribution in [1.29, 1.82) is 0 Å². The van der Waals surface area contributed by atoms with Gasteiger partial charge in [0.1, 0.15) is 35.7 Å². The van der Waals surface area contributed by atoms with Crippen molar-refractivity contribution in [3.63, 3.8) is 0 Å². The van der Waals surface area contributed by atoms with Crippen LogP contribution >= 0.6 is 11.6 Å². The number of aliphatic hydroxyl groups is 2. The molecule has 1 fully saturated rings. The minimum absolute atomic E-state index is 0. The summed E-state index contributed by atoms with van der Waals surface area (Å²) >= 11 is 6.25. The molecule has 2 aromatic heterocycles. The molecule has 2 atom stereocenters. The summed E-state index contributed by atoms with van der Waals surface area (Å²) < 4.78 is 5.21. The Hall–Kier alpha value is -4.45. The van der Waals surface area contributed by atoms with Crippen LogP contribution in [-0.2, 0) is 43.8 Å². The molecule has 1 aromatic carbocycles. The number of carbonyl (C=O) groups excluding carboxylic acids is 1. The Bertz CT molecular complexity index is 1520. The number of benzene rings is 1. The van der Waals surface area contributed by atoms with Crippen LogP contribution < -0.4 is 20.3 Å². The van der Waals surface area contributed by atoms with Crippen LogP contribution in [0.1, 0.15) is 53.8 Å². The van der Waals surface area contributed by atoms with Crippen molar-refractivity contribution < 1.29 is 60.7 Å². The zero-order valence-electron chi connectivity index (χ0n) is 27.1. The standard InChI is InChI=1S/C23H26ClN7O3.C6H12N2O7.W/c1-34-19-6-5-15(10-18(19)24)11-27-21-17(22(33)28-13-20-25-7-3-8-26-20)12-29-23(30-21)31-9-2-4-16(31)14-32;9-4-2-1-3-6(15-8(12)13)5-14-7(10)11;/h3,5-8,10,12,16,32H,2,4,9,11,13-14H2,1H3,(H,28,33)(H,27,29,30);6,9H,1-5H2;. The maximum atomic E-state index is 13.0. The second-order valence-corrected chi connectivity index (χ2v) is 10.9. The van der Waals surface area contributed by atoms with E-state index in [-0.39, 0.29) is 59.2 Å². The van der Waals surface area contributed by atoms with Gasteiger partial charge in [-0.05, 0) is 55.9 Å².